The minimum atomic E-state index is -0.462. The van der Waals surface area contributed by atoms with Crippen LogP contribution >= 0.6 is 0 Å². The van der Waals surface area contributed by atoms with Gasteiger partial charge in [-0.1, -0.05) is 0 Å². The van der Waals surface area contributed by atoms with Gasteiger partial charge in [0.1, 0.15) is 0 Å². The van der Waals surface area contributed by atoms with Crippen molar-refractivity contribution in [2.75, 3.05) is 11.9 Å². The monoisotopic (exact) mass is 210 g/mol. The summed E-state index contributed by atoms with van der Waals surface area (Å²) in [6.07, 6.45) is 0. The fourth-order valence-corrected chi connectivity index (χ4v) is 1.08. The largest absolute Gasteiger partial charge is 0.363 e. The van der Waals surface area contributed by atoms with E-state index in [4.69, 9.17) is 5.73 Å². The summed E-state index contributed by atoms with van der Waals surface area (Å²) in [5, 5.41) is 13.5. The highest BCUT2D eigenvalue weighted by atomic mass is 16.6. The molecule has 0 spiro atoms. The van der Waals surface area contributed by atoms with E-state index in [-0.39, 0.29) is 17.5 Å². The third kappa shape index (κ3) is 3.17. The van der Waals surface area contributed by atoms with E-state index in [0.29, 0.717) is 6.54 Å². The Labute approximate surface area is 87.7 Å². The summed E-state index contributed by atoms with van der Waals surface area (Å²) in [4.78, 5) is 14.3. The van der Waals surface area contributed by atoms with Crippen molar-refractivity contribution in [1.29, 1.82) is 0 Å². The molecule has 6 nitrogen and oxygen atoms in total. The Hall–Kier alpha value is -1.69. The number of pyridine rings is 1. The number of nitrogens with one attached hydrogen (secondary N) is 1. The number of nitrogens with zero attached hydrogens (tertiary/aromatic N) is 2. The Balaban J connectivity index is 2.92. The van der Waals surface area contributed by atoms with Crippen LogP contribution in [-0.4, -0.2) is 22.5 Å². The highest BCUT2D eigenvalue weighted by molar-refractivity contribution is 5.56. The van der Waals surface area contributed by atoms with Crippen LogP contribution in [0.3, 0.4) is 0 Å². The second-order valence-corrected chi connectivity index (χ2v) is 3.44. The van der Waals surface area contributed by atoms with E-state index in [9.17, 15) is 10.1 Å². The molecule has 0 fully saturated rings. The van der Waals surface area contributed by atoms with Crippen LogP contribution in [0.5, 0.6) is 0 Å². The lowest BCUT2D eigenvalue weighted by molar-refractivity contribution is -0.384. The average Bonchev–Trinajstić information content (AvgIpc) is 2.14. The van der Waals surface area contributed by atoms with Crippen LogP contribution in [0, 0.1) is 17.0 Å². The summed E-state index contributed by atoms with van der Waals surface area (Å²) in [5.74, 6) is 0.275. The molecule has 1 heterocycles. The average molecular weight is 210 g/mol. The standard InChI is InChI=1S/C9H14N4O2/c1-6(10)5-11-9-8(13(14)15)4-3-7(2)12-9/h3-4,6H,5,10H2,1-2H3,(H,11,12). The van der Waals surface area contributed by atoms with Crippen molar-refractivity contribution >= 4 is 11.5 Å². The second-order valence-electron chi connectivity index (χ2n) is 3.44. The lowest BCUT2D eigenvalue weighted by atomic mass is 10.3. The van der Waals surface area contributed by atoms with Crippen LogP contribution in [0.2, 0.25) is 0 Å². The normalized spacial score (nSPS) is 12.2. The van der Waals surface area contributed by atoms with Crippen molar-refractivity contribution < 1.29 is 4.92 Å². The Morgan fingerprint density at radius 2 is 2.33 bits per heavy atom. The molecule has 0 amide bonds. The van der Waals surface area contributed by atoms with Crippen LogP contribution in [0.15, 0.2) is 12.1 Å². The topological polar surface area (TPSA) is 94.1 Å². The van der Waals surface area contributed by atoms with E-state index in [0.717, 1.165) is 5.69 Å². The zero-order valence-corrected chi connectivity index (χ0v) is 8.73. The van der Waals surface area contributed by atoms with Gasteiger partial charge in [-0.05, 0) is 19.9 Å². The molecule has 15 heavy (non-hydrogen) atoms. The molecule has 0 aliphatic rings. The maximum absolute atomic E-state index is 10.7. The highest BCUT2D eigenvalue weighted by Crippen LogP contribution is 2.21. The summed E-state index contributed by atoms with van der Waals surface area (Å²) in [5.41, 5.74) is 6.25. The first-order chi connectivity index (χ1) is 7.00. The SMILES string of the molecule is Cc1ccc([N+](=O)[O-])c(NCC(C)N)n1. The number of rotatable bonds is 4. The molecule has 1 unspecified atom stereocenters. The summed E-state index contributed by atoms with van der Waals surface area (Å²) in [6, 6.07) is 2.97. The Morgan fingerprint density at radius 1 is 1.67 bits per heavy atom. The van der Waals surface area contributed by atoms with E-state index in [2.05, 4.69) is 10.3 Å². The van der Waals surface area contributed by atoms with Gasteiger partial charge in [0.2, 0.25) is 5.82 Å². The van der Waals surface area contributed by atoms with Gasteiger partial charge < -0.3 is 11.1 Å². The van der Waals surface area contributed by atoms with Crippen LogP contribution in [0.4, 0.5) is 11.5 Å². The molecule has 1 aromatic rings. The van der Waals surface area contributed by atoms with Crippen molar-refractivity contribution in [2.24, 2.45) is 5.73 Å². The number of nitrogens with two attached hydrogens (primary N) is 1. The first-order valence-corrected chi connectivity index (χ1v) is 4.62. The molecule has 3 N–H and O–H groups in total. The summed E-state index contributed by atoms with van der Waals surface area (Å²) >= 11 is 0. The molecule has 82 valence electrons. The number of aryl methyl sites for hydroxylation is 1. The van der Waals surface area contributed by atoms with E-state index in [1.54, 1.807) is 13.0 Å². The van der Waals surface area contributed by atoms with Gasteiger partial charge in [-0.3, -0.25) is 10.1 Å². The molecule has 1 aromatic heterocycles. The van der Waals surface area contributed by atoms with E-state index in [1.807, 2.05) is 6.92 Å². The molecule has 6 heteroatoms. The molecule has 0 bridgehead atoms. The number of hydrogen-bond acceptors (Lipinski definition) is 5. The van der Waals surface area contributed by atoms with Gasteiger partial charge in [-0.15, -0.1) is 0 Å². The first kappa shape index (κ1) is 11.4. The predicted octanol–water partition coefficient (Wildman–Crippen LogP) is 1.06. The van der Waals surface area contributed by atoms with Gasteiger partial charge in [0.25, 0.3) is 0 Å². The Bertz CT molecular complexity index is 365. The minimum absolute atomic E-state index is 0.0266. The van der Waals surface area contributed by atoms with Gasteiger partial charge in [0.05, 0.1) is 4.92 Å². The van der Waals surface area contributed by atoms with E-state index < -0.39 is 4.92 Å². The summed E-state index contributed by atoms with van der Waals surface area (Å²) < 4.78 is 0. The Morgan fingerprint density at radius 3 is 2.87 bits per heavy atom. The fraction of sp³-hybridized carbons (Fsp3) is 0.444. The molecule has 0 radical (unpaired) electrons. The quantitative estimate of drug-likeness (QED) is 0.572. The van der Waals surface area contributed by atoms with Crippen molar-refractivity contribution in [3.8, 4) is 0 Å². The lowest BCUT2D eigenvalue weighted by Crippen LogP contribution is -2.25. The molecule has 0 saturated carbocycles. The Kier molecular flexibility index (Phi) is 3.56. The van der Waals surface area contributed by atoms with Gasteiger partial charge in [0, 0.05) is 24.3 Å². The van der Waals surface area contributed by atoms with Gasteiger partial charge >= 0.3 is 5.69 Å². The van der Waals surface area contributed by atoms with Gasteiger partial charge in [-0.2, -0.15) is 0 Å². The van der Waals surface area contributed by atoms with Crippen molar-refractivity contribution in [3.63, 3.8) is 0 Å². The van der Waals surface area contributed by atoms with Crippen LogP contribution in [-0.2, 0) is 0 Å². The maximum atomic E-state index is 10.7. The predicted molar refractivity (Wildman–Crippen MR) is 57.8 cm³/mol. The molecule has 0 saturated heterocycles. The molecule has 0 aliphatic carbocycles. The zero-order chi connectivity index (χ0) is 11.4. The van der Waals surface area contributed by atoms with Crippen molar-refractivity contribution in [1.82, 2.24) is 4.98 Å². The molecular formula is C9H14N4O2. The van der Waals surface area contributed by atoms with Crippen LogP contribution in [0.1, 0.15) is 12.6 Å². The number of anilines is 1. The second kappa shape index (κ2) is 4.70. The smallest absolute Gasteiger partial charge is 0.311 e. The van der Waals surface area contributed by atoms with Gasteiger partial charge in [0.15, 0.2) is 0 Å². The number of aromatic nitrogens is 1. The molecule has 0 aliphatic heterocycles. The molecule has 0 aromatic carbocycles. The van der Waals surface area contributed by atoms with Crippen molar-refractivity contribution in [2.45, 2.75) is 19.9 Å². The van der Waals surface area contributed by atoms with Gasteiger partial charge in [-0.25, -0.2) is 4.98 Å². The van der Waals surface area contributed by atoms with Crippen molar-refractivity contribution in [3.05, 3.63) is 27.9 Å². The third-order valence-corrected chi connectivity index (χ3v) is 1.80. The zero-order valence-electron chi connectivity index (χ0n) is 8.73. The summed E-state index contributed by atoms with van der Waals surface area (Å²) in [7, 11) is 0. The number of hydrogen-bond donors (Lipinski definition) is 2. The van der Waals surface area contributed by atoms with E-state index in [1.165, 1.54) is 6.07 Å². The molecule has 1 rings (SSSR count). The molecule has 1 atom stereocenters. The third-order valence-electron chi connectivity index (χ3n) is 1.80. The maximum Gasteiger partial charge on any atom is 0.311 e. The number of nitro groups is 1. The van der Waals surface area contributed by atoms with Crippen LogP contribution in [0.25, 0.3) is 0 Å². The van der Waals surface area contributed by atoms with E-state index >= 15 is 0 Å². The fourth-order valence-electron chi connectivity index (χ4n) is 1.08. The molecular weight excluding hydrogens is 196 g/mol. The van der Waals surface area contributed by atoms with Crippen LogP contribution < -0.4 is 11.1 Å². The summed E-state index contributed by atoms with van der Waals surface area (Å²) in [6.45, 7) is 4.05. The minimum Gasteiger partial charge on any atom is -0.363 e. The first-order valence-electron chi connectivity index (χ1n) is 4.62. The highest BCUT2D eigenvalue weighted by Gasteiger charge is 2.14. The lowest BCUT2D eigenvalue weighted by Gasteiger charge is -2.08.